The van der Waals surface area contributed by atoms with Crippen molar-refractivity contribution in [3.05, 3.63) is 58.9 Å². The Morgan fingerprint density at radius 2 is 1.71 bits per heavy atom. The molecule has 8 nitrogen and oxygen atoms in total. The summed E-state index contributed by atoms with van der Waals surface area (Å²) >= 11 is 0. The number of aromatic nitrogens is 2. The van der Waals surface area contributed by atoms with Gasteiger partial charge in [0.15, 0.2) is 0 Å². The first-order chi connectivity index (χ1) is 16.6. The molecule has 2 aromatic carbocycles. The molecule has 0 spiro atoms. The molecule has 0 atom stereocenters. The van der Waals surface area contributed by atoms with Gasteiger partial charge in [0.05, 0.1) is 22.7 Å². The minimum Gasteiger partial charge on any atom is -0.489 e. The maximum absolute atomic E-state index is 13.7. The van der Waals surface area contributed by atoms with E-state index in [-0.39, 0.29) is 23.8 Å². The van der Waals surface area contributed by atoms with Gasteiger partial charge in [-0.2, -0.15) is 0 Å². The number of para-hydroxylation sites is 3. The number of carbonyl (C=O) groups excluding carboxylic acids is 1. The van der Waals surface area contributed by atoms with Crippen LogP contribution in [0.3, 0.4) is 0 Å². The van der Waals surface area contributed by atoms with Gasteiger partial charge >= 0.3 is 6.09 Å². The van der Waals surface area contributed by atoms with E-state index in [1.54, 1.807) is 15.5 Å². The van der Waals surface area contributed by atoms with Crippen molar-refractivity contribution in [2.45, 2.75) is 65.2 Å². The van der Waals surface area contributed by atoms with Crippen LogP contribution in [0.4, 0.5) is 10.7 Å². The Morgan fingerprint density at radius 1 is 1.06 bits per heavy atom. The number of anilines is 1. The van der Waals surface area contributed by atoms with Gasteiger partial charge in [0.1, 0.15) is 11.4 Å². The highest BCUT2D eigenvalue weighted by molar-refractivity contribution is 5.79. The molecule has 0 bridgehead atoms. The Labute approximate surface area is 205 Å². The van der Waals surface area contributed by atoms with E-state index in [0.29, 0.717) is 54.2 Å². The number of amides is 1. The highest BCUT2D eigenvalue weighted by Gasteiger charge is 2.28. The van der Waals surface area contributed by atoms with Gasteiger partial charge in [-0.3, -0.25) is 4.79 Å². The van der Waals surface area contributed by atoms with Crippen molar-refractivity contribution in [2.75, 3.05) is 18.4 Å². The second-order valence-corrected chi connectivity index (χ2v) is 10.1. The first kappa shape index (κ1) is 24.6. The third-order valence-corrected chi connectivity index (χ3v) is 5.72. The number of piperidine rings is 1. The van der Waals surface area contributed by atoms with Crippen LogP contribution in [0.1, 0.15) is 47.5 Å². The third-order valence-electron chi connectivity index (χ3n) is 5.72. The fourth-order valence-corrected chi connectivity index (χ4v) is 4.16. The molecule has 1 aromatic heterocycles. The van der Waals surface area contributed by atoms with Gasteiger partial charge in [-0.15, -0.1) is 0 Å². The van der Waals surface area contributed by atoms with Crippen molar-refractivity contribution in [1.29, 1.82) is 0 Å². The van der Waals surface area contributed by atoms with Gasteiger partial charge < -0.3 is 19.7 Å². The molecular formula is C27H34N4O4. The molecule has 1 N–H and O–H groups in total. The average Bonchev–Trinajstić information content (AvgIpc) is 2.79. The van der Waals surface area contributed by atoms with Gasteiger partial charge in [-0.25, -0.2) is 14.3 Å². The Hall–Kier alpha value is -3.55. The molecule has 0 unspecified atom stereocenters. The van der Waals surface area contributed by atoms with E-state index in [1.807, 2.05) is 77.1 Å². The van der Waals surface area contributed by atoms with Crippen LogP contribution in [0.15, 0.2) is 53.3 Å². The lowest BCUT2D eigenvalue weighted by Gasteiger charge is -2.34. The van der Waals surface area contributed by atoms with Crippen LogP contribution in [0, 0.1) is 0 Å². The molecule has 0 radical (unpaired) electrons. The summed E-state index contributed by atoms with van der Waals surface area (Å²) < 4.78 is 13.1. The largest absolute Gasteiger partial charge is 0.489 e. The van der Waals surface area contributed by atoms with Crippen LogP contribution in [0.5, 0.6) is 5.75 Å². The normalized spacial score (nSPS) is 14.9. The third kappa shape index (κ3) is 5.75. The lowest BCUT2D eigenvalue weighted by molar-refractivity contribution is 0.0210. The molecular weight excluding hydrogens is 444 g/mol. The number of rotatable bonds is 5. The van der Waals surface area contributed by atoms with Crippen LogP contribution in [0.25, 0.3) is 16.6 Å². The summed E-state index contributed by atoms with van der Waals surface area (Å²) in [5.41, 5.74) is 0.579. The molecule has 0 aliphatic carbocycles. The molecule has 1 saturated heterocycles. The quantitative estimate of drug-likeness (QED) is 0.556. The van der Waals surface area contributed by atoms with E-state index in [4.69, 9.17) is 14.5 Å². The standard InChI is InChI=1S/C27H34N4O4/c1-18(2)34-23-13-9-8-12-22(23)31-24(32)20-10-6-7-11-21(20)29-25(31)28-19-14-16-30(17-15-19)26(33)35-27(3,4)5/h6-13,18-19H,14-17H2,1-5H3,(H,28,29). The van der Waals surface area contributed by atoms with Crippen molar-refractivity contribution in [1.82, 2.24) is 14.5 Å². The molecule has 1 amide bonds. The van der Waals surface area contributed by atoms with E-state index in [9.17, 15) is 9.59 Å². The number of likely N-dealkylation sites (tertiary alicyclic amines) is 1. The van der Waals surface area contributed by atoms with E-state index < -0.39 is 5.60 Å². The monoisotopic (exact) mass is 478 g/mol. The van der Waals surface area contributed by atoms with Crippen molar-refractivity contribution in [3.63, 3.8) is 0 Å². The van der Waals surface area contributed by atoms with Crippen LogP contribution in [-0.2, 0) is 4.74 Å². The maximum Gasteiger partial charge on any atom is 0.410 e. The lowest BCUT2D eigenvalue weighted by Crippen LogP contribution is -2.45. The van der Waals surface area contributed by atoms with Gasteiger partial charge in [0.2, 0.25) is 5.95 Å². The molecule has 8 heteroatoms. The highest BCUT2D eigenvalue weighted by atomic mass is 16.6. The second-order valence-electron chi connectivity index (χ2n) is 10.1. The van der Waals surface area contributed by atoms with Crippen molar-refractivity contribution >= 4 is 22.9 Å². The zero-order chi connectivity index (χ0) is 25.2. The smallest absolute Gasteiger partial charge is 0.410 e. The number of nitrogens with zero attached hydrogens (tertiary/aromatic N) is 3. The van der Waals surface area contributed by atoms with E-state index in [2.05, 4.69) is 5.32 Å². The number of ether oxygens (including phenoxy) is 2. The fourth-order valence-electron chi connectivity index (χ4n) is 4.16. The van der Waals surface area contributed by atoms with Gasteiger partial charge in [-0.1, -0.05) is 24.3 Å². The summed E-state index contributed by atoms with van der Waals surface area (Å²) in [4.78, 5) is 32.7. The minimum absolute atomic E-state index is 0.0474. The van der Waals surface area contributed by atoms with Crippen molar-refractivity contribution in [2.24, 2.45) is 0 Å². The molecule has 1 aliphatic heterocycles. The van der Waals surface area contributed by atoms with Gasteiger partial charge in [0, 0.05) is 19.1 Å². The van der Waals surface area contributed by atoms with E-state index in [0.717, 1.165) is 0 Å². The van der Waals surface area contributed by atoms with Crippen LogP contribution >= 0.6 is 0 Å². The fraction of sp³-hybridized carbons (Fsp3) is 0.444. The molecule has 1 aliphatic rings. The number of benzene rings is 2. The van der Waals surface area contributed by atoms with Crippen molar-refractivity contribution < 1.29 is 14.3 Å². The van der Waals surface area contributed by atoms with Crippen molar-refractivity contribution in [3.8, 4) is 11.4 Å². The number of hydrogen-bond donors (Lipinski definition) is 1. The second kappa shape index (κ2) is 9.98. The number of nitrogens with one attached hydrogen (secondary N) is 1. The summed E-state index contributed by atoms with van der Waals surface area (Å²) in [6.07, 6.45) is 1.09. The van der Waals surface area contributed by atoms with E-state index >= 15 is 0 Å². The lowest BCUT2D eigenvalue weighted by atomic mass is 10.1. The first-order valence-corrected chi connectivity index (χ1v) is 12.1. The number of carbonyl (C=O) groups is 1. The summed E-state index contributed by atoms with van der Waals surface area (Å²) in [6, 6.07) is 14.9. The van der Waals surface area contributed by atoms with Gasteiger partial charge in [-0.05, 0) is 71.7 Å². The van der Waals surface area contributed by atoms with Crippen LogP contribution in [0.2, 0.25) is 0 Å². The molecule has 3 aromatic rings. The van der Waals surface area contributed by atoms with E-state index in [1.165, 1.54) is 0 Å². The molecule has 1 fully saturated rings. The Kier molecular flexibility index (Phi) is 7.00. The molecule has 35 heavy (non-hydrogen) atoms. The highest BCUT2D eigenvalue weighted by Crippen LogP contribution is 2.27. The molecule has 2 heterocycles. The average molecular weight is 479 g/mol. The molecule has 4 rings (SSSR count). The predicted octanol–water partition coefficient (Wildman–Crippen LogP) is 4.98. The Balaban J connectivity index is 1.65. The first-order valence-electron chi connectivity index (χ1n) is 12.1. The minimum atomic E-state index is -0.525. The predicted molar refractivity (Wildman–Crippen MR) is 138 cm³/mol. The topological polar surface area (TPSA) is 85.7 Å². The number of fused-ring (bicyclic) bond motifs is 1. The summed E-state index contributed by atoms with van der Waals surface area (Å²) in [6.45, 7) is 10.6. The molecule has 186 valence electrons. The van der Waals surface area contributed by atoms with Crippen LogP contribution < -0.4 is 15.6 Å². The molecule has 0 saturated carbocycles. The summed E-state index contributed by atoms with van der Waals surface area (Å²) in [5, 5.41) is 4.03. The summed E-state index contributed by atoms with van der Waals surface area (Å²) in [5.74, 6) is 1.08. The zero-order valence-electron chi connectivity index (χ0n) is 21.1. The van der Waals surface area contributed by atoms with Crippen LogP contribution in [-0.4, -0.2) is 51.4 Å². The number of hydrogen-bond acceptors (Lipinski definition) is 6. The summed E-state index contributed by atoms with van der Waals surface area (Å²) in [7, 11) is 0. The SMILES string of the molecule is CC(C)Oc1ccccc1-n1c(NC2CCN(C(=O)OC(C)(C)C)CC2)nc2ccccc2c1=O. The van der Waals surface area contributed by atoms with Gasteiger partial charge in [0.25, 0.3) is 5.56 Å². The Bertz CT molecular complexity index is 1250. The zero-order valence-corrected chi connectivity index (χ0v) is 21.1. The Morgan fingerprint density at radius 3 is 2.40 bits per heavy atom. The maximum atomic E-state index is 13.7.